The molecule has 0 saturated heterocycles. The summed E-state index contributed by atoms with van der Waals surface area (Å²) < 4.78 is 1.57. The van der Waals surface area contributed by atoms with Crippen LogP contribution in [0.4, 0.5) is 5.82 Å². The Labute approximate surface area is 110 Å². The van der Waals surface area contributed by atoms with Crippen molar-refractivity contribution in [2.45, 2.75) is 38.1 Å². The number of nitrogens with zero attached hydrogens (tertiary/aromatic N) is 3. The summed E-state index contributed by atoms with van der Waals surface area (Å²) in [6, 6.07) is 2.28. The fourth-order valence-electron chi connectivity index (χ4n) is 2.61. The van der Waals surface area contributed by atoms with Gasteiger partial charge in [0, 0.05) is 12.2 Å². The number of anilines is 1. The van der Waals surface area contributed by atoms with Crippen LogP contribution >= 0.6 is 0 Å². The van der Waals surface area contributed by atoms with Crippen LogP contribution in [0, 0.1) is 0 Å². The molecule has 2 N–H and O–H groups in total. The third-order valence-corrected chi connectivity index (χ3v) is 3.59. The number of hydrogen-bond acceptors (Lipinski definition) is 4. The number of carboxylic acids is 1. The lowest BCUT2D eigenvalue weighted by Crippen LogP contribution is -2.23. The van der Waals surface area contributed by atoms with E-state index in [1.807, 2.05) is 6.07 Å². The van der Waals surface area contributed by atoms with E-state index < -0.39 is 5.97 Å². The SMILES string of the molecule is O=C(O)c1cnn2c(NC3CCCCC3)ccnc12. The normalized spacial score (nSPS) is 16.6. The van der Waals surface area contributed by atoms with Crippen LogP contribution in [0.1, 0.15) is 42.5 Å². The minimum absolute atomic E-state index is 0.132. The maximum absolute atomic E-state index is 11.1. The summed E-state index contributed by atoms with van der Waals surface area (Å²) in [6.07, 6.45) is 9.05. The second-order valence-electron chi connectivity index (χ2n) is 4.91. The Hall–Kier alpha value is -2.11. The van der Waals surface area contributed by atoms with Crippen molar-refractivity contribution >= 4 is 17.4 Å². The van der Waals surface area contributed by atoms with E-state index in [4.69, 9.17) is 5.11 Å². The van der Waals surface area contributed by atoms with Crippen molar-refractivity contribution in [1.82, 2.24) is 14.6 Å². The molecule has 19 heavy (non-hydrogen) atoms. The summed E-state index contributed by atoms with van der Waals surface area (Å²) in [4.78, 5) is 15.2. The third kappa shape index (κ3) is 2.25. The highest BCUT2D eigenvalue weighted by Crippen LogP contribution is 2.22. The van der Waals surface area contributed by atoms with Gasteiger partial charge in [-0.15, -0.1) is 0 Å². The number of rotatable bonds is 3. The maximum Gasteiger partial charge on any atom is 0.341 e. The molecule has 0 bridgehead atoms. The minimum Gasteiger partial charge on any atom is -0.477 e. The third-order valence-electron chi connectivity index (χ3n) is 3.59. The van der Waals surface area contributed by atoms with E-state index >= 15 is 0 Å². The molecule has 2 aromatic rings. The highest BCUT2D eigenvalue weighted by atomic mass is 16.4. The average Bonchev–Trinajstić information content (AvgIpc) is 2.85. The summed E-state index contributed by atoms with van der Waals surface area (Å²) in [5.74, 6) is -0.193. The first-order chi connectivity index (χ1) is 9.25. The van der Waals surface area contributed by atoms with Crippen LogP contribution in [-0.4, -0.2) is 31.7 Å². The molecule has 6 nitrogen and oxygen atoms in total. The lowest BCUT2D eigenvalue weighted by Gasteiger charge is -2.23. The van der Waals surface area contributed by atoms with E-state index in [1.165, 1.54) is 25.5 Å². The zero-order valence-corrected chi connectivity index (χ0v) is 10.5. The summed E-state index contributed by atoms with van der Waals surface area (Å²) in [7, 11) is 0. The molecule has 1 aliphatic rings. The highest BCUT2D eigenvalue weighted by Gasteiger charge is 2.17. The molecule has 1 aliphatic carbocycles. The monoisotopic (exact) mass is 260 g/mol. The summed E-state index contributed by atoms with van der Waals surface area (Å²) >= 11 is 0. The Balaban J connectivity index is 1.93. The van der Waals surface area contributed by atoms with Crippen LogP contribution in [0.5, 0.6) is 0 Å². The molecule has 0 unspecified atom stereocenters. The fourth-order valence-corrected chi connectivity index (χ4v) is 2.61. The van der Waals surface area contributed by atoms with E-state index in [2.05, 4.69) is 15.4 Å². The number of fused-ring (bicyclic) bond motifs is 1. The fraction of sp³-hybridized carbons (Fsp3) is 0.462. The Bertz CT molecular complexity index is 602. The number of aromatic carboxylic acids is 1. The van der Waals surface area contributed by atoms with Crippen molar-refractivity contribution in [1.29, 1.82) is 0 Å². The Morgan fingerprint density at radius 3 is 2.89 bits per heavy atom. The van der Waals surface area contributed by atoms with E-state index in [1.54, 1.807) is 10.7 Å². The molecule has 0 amide bonds. The Kier molecular flexibility index (Phi) is 3.06. The molecule has 0 aliphatic heterocycles. The number of aromatic nitrogens is 3. The lowest BCUT2D eigenvalue weighted by molar-refractivity contribution is 0.0699. The Morgan fingerprint density at radius 1 is 1.37 bits per heavy atom. The van der Waals surface area contributed by atoms with E-state index in [0.29, 0.717) is 11.7 Å². The van der Waals surface area contributed by atoms with E-state index in [-0.39, 0.29) is 5.56 Å². The zero-order valence-electron chi connectivity index (χ0n) is 10.5. The predicted octanol–water partition coefficient (Wildman–Crippen LogP) is 2.17. The molecule has 0 spiro atoms. The molecule has 2 aromatic heterocycles. The molecule has 3 rings (SSSR count). The van der Waals surface area contributed by atoms with Crippen LogP contribution < -0.4 is 5.32 Å². The van der Waals surface area contributed by atoms with Crippen LogP contribution in [0.3, 0.4) is 0 Å². The van der Waals surface area contributed by atoms with Crippen LogP contribution in [0.2, 0.25) is 0 Å². The van der Waals surface area contributed by atoms with Gasteiger partial charge in [-0.05, 0) is 18.9 Å². The molecule has 100 valence electrons. The van der Waals surface area contributed by atoms with Gasteiger partial charge in [0.1, 0.15) is 11.4 Å². The number of carboxylic acid groups (broad SMARTS) is 1. The molecule has 1 saturated carbocycles. The number of carbonyl (C=O) groups is 1. The standard InChI is InChI=1S/C13H16N4O2/c18-13(19)10-8-15-17-11(6-7-14-12(10)17)16-9-4-2-1-3-5-9/h6-9,16H,1-5H2,(H,18,19). The van der Waals surface area contributed by atoms with Gasteiger partial charge in [-0.1, -0.05) is 19.3 Å². The summed E-state index contributed by atoms with van der Waals surface area (Å²) in [5, 5.41) is 16.6. The molecule has 2 heterocycles. The predicted molar refractivity (Wildman–Crippen MR) is 70.4 cm³/mol. The van der Waals surface area contributed by atoms with Gasteiger partial charge in [-0.25, -0.2) is 9.78 Å². The first-order valence-electron chi connectivity index (χ1n) is 6.58. The maximum atomic E-state index is 11.1. The smallest absolute Gasteiger partial charge is 0.341 e. The van der Waals surface area contributed by atoms with Crippen LogP contribution in [0.15, 0.2) is 18.5 Å². The van der Waals surface area contributed by atoms with Gasteiger partial charge in [-0.2, -0.15) is 9.61 Å². The number of nitrogens with one attached hydrogen (secondary N) is 1. The molecule has 1 fully saturated rings. The van der Waals surface area contributed by atoms with Gasteiger partial charge in [0.15, 0.2) is 5.65 Å². The topological polar surface area (TPSA) is 79.5 Å². The van der Waals surface area contributed by atoms with Crippen molar-refractivity contribution < 1.29 is 9.90 Å². The van der Waals surface area contributed by atoms with Crippen molar-refractivity contribution in [3.05, 3.63) is 24.0 Å². The molecule has 0 radical (unpaired) electrons. The average molecular weight is 260 g/mol. The molecule has 0 aromatic carbocycles. The zero-order chi connectivity index (χ0) is 13.2. The van der Waals surface area contributed by atoms with Gasteiger partial charge in [0.25, 0.3) is 0 Å². The molecular formula is C13H16N4O2. The van der Waals surface area contributed by atoms with Crippen molar-refractivity contribution in [2.24, 2.45) is 0 Å². The molecular weight excluding hydrogens is 244 g/mol. The van der Waals surface area contributed by atoms with Crippen LogP contribution in [0.25, 0.3) is 5.65 Å². The minimum atomic E-state index is -1.00. The second kappa shape index (κ2) is 4.87. The first-order valence-corrected chi connectivity index (χ1v) is 6.58. The summed E-state index contributed by atoms with van der Waals surface area (Å²) in [5.41, 5.74) is 0.514. The van der Waals surface area contributed by atoms with Crippen molar-refractivity contribution in [2.75, 3.05) is 5.32 Å². The van der Waals surface area contributed by atoms with Gasteiger partial charge in [0.05, 0.1) is 6.20 Å². The van der Waals surface area contributed by atoms with Crippen molar-refractivity contribution in [3.63, 3.8) is 0 Å². The lowest BCUT2D eigenvalue weighted by atomic mass is 9.95. The largest absolute Gasteiger partial charge is 0.477 e. The van der Waals surface area contributed by atoms with Gasteiger partial charge >= 0.3 is 5.97 Å². The Morgan fingerprint density at radius 2 is 2.16 bits per heavy atom. The molecule has 6 heteroatoms. The van der Waals surface area contributed by atoms with Gasteiger partial charge in [-0.3, -0.25) is 0 Å². The van der Waals surface area contributed by atoms with E-state index in [0.717, 1.165) is 18.7 Å². The molecule has 0 atom stereocenters. The van der Waals surface area contributed by atoms with Crippen LogP contribution in [-0.2, 0) is 0 Å². The van der Waals surface area contributed by atoms with E-state index in [9.17, 15) is 4.79 Å². The van der Waals surface area contributed by atoms with Gasteiger partial charge < -0.3 is 10.4 Å². The number of hydrogen-bond donors (Lipinski definition) is 2. The quantitative estimate of drug-likeness (QED) is 0.884. The summed E-state index contributed by atoms with van der Waals surface area (Å²) in [6.45, 7) is 0. The first kappa shape index (κ1) is 12.0. The second-order valence-corrected chi connectivity index (χ2v) is 4.91. The van der Waals surface area contributed by atoms with Crippen molar-refractivity contribution in [3.8, 4) is 0 Å². The highest BCUT2D eigenvalue weighted by molar-refractivity contribution is 5.94. The van der Waals surface area contributed by atoms with Gasteiger partial charge in [0.2, 0.25) is 0 Å².